The van der Waals surface area contributed by atoms with Crippen LogP contribution in [0.4, 0.5) is 22.7 Å². The van der Waals surface area contributed by atoms with Crippen molar-refractivity contribution in [1.29, 1.82) is 0 Å². The summed E-state index contributed by atoms with van der Waals surface area (Å²) < 4.78 is 0. The van der Waals surface area contributed by atoms with Crippen LogP contribution < -0.4 is 0 Å². The minimum absolute atomic E-state index is 0.0598. The number of rotatable bonds is 8. The van der Waals surface area contributed by atoms with E-state index in [0.717, 1.165) is 36.4 Å². The summed E-state index contributed by atoms with van der Waals surface area (Å²) in [4.78, 5) is 40.6. The van der Waals surface area contributed by atoms with Crippen LogP contribution in [0.15, 0.2) is 42.5 Å². The van der Waals surface area contributed by atoms with Crippen molar-refractivity contribution in [2.24, 2.45) is 0 Å². The first-order chi connectivity index (χ1) is 13.6. The second kappa shape index (κ2) is 8.62. The molecule has 0 aliphatic carbocycles. The highest BCUT2D eigenvalue weighted by atomic mass is 16.6. The molecule has 0 heterocycles. The fraction of sp³-hybridized carbons (Fsp3) is 0.125. The van der Waals surface area contributed by atoms with Crippen LogP contribution in [0.5, 0.6) is 0 Å². The smallest absolute Gasteiger partial charge is 0.276 e. The SMILES string of the molecule is O=[N+]([O-])c1cc(C=CC(CO)c2cc([N+](=O)[O-])cc([N+](=O)[O-])c2)cc([N+](=O)[O-])c1. The van der Waals surface area contributed by atoms with Crippen LogP contribution in [0.2, 0.25) is 0 Å². The number of hydrogen-bond donors (Lipinski definition) is 1. The summed E-state index contributed by atoms with van der Waals surface area (Å²) in [5, 5.41) is 53.5. The Morgan fingerprint density at radius 2 is 1.10 bits per heavy atom. The lowest BCUT2D eigenvalue weighted by atomic mass is 9.97. The van der Waals surface area contributed by atoms with Gasteiger partial charge in [-0.1, -0.05) is 12.2 Å². The van der Waals surface area contributed by atoms with Crippen LogP contribution in [0.25, 0.3) is 6.08 Å². The van der Waals surface area contributed by atoms with Crippen LogP contribution in [-0.4, -0.2) is 31.4 Å². The molecular weight excluding hydrogens is 392 g/mol. The number of nitro groups is 4. The van der Waals surface area contributed by atoms with Gasteiger partial charge in [0.2, 0.25) is 0 Å². The lowest BCUT2D eigenvalue weighted by Gasteiger charge is -2.10. The zero-order chi connectivity index (χ0) is 21.7. The molecule has 0 aliphatic rings. The molecule has 29 heavy (non-hydrogen) atoms. The number of aliphatic hydroxyl groups excluding tert-OH is 1. The average molecular weight is 404 g/mol. The first kappa shape index (κ1) is 21.0. The van der Waals surface area contributed by atoms with E-state index in [9.17, 15) is 45.6 Å². The van der Waals surface area contributed by atoms with E-state index in [0.29, 0.717) is 0 Å². The van der Waals surface area contributed by atoms with Crippen molar-refractivity contribution in [2.45, 2.75) is 5.92 Å². The molecule has 0 fully saturated rings. The van der Waals surface area contributed by atoms with E-state index in [1.807, 2.05) is 0 Å². The molecule has 150 valence electrons. The Morgan fingerprint density at radius 1 is 0.724 bits per heavy atom. The third kappa shape index (κ3) is 5.14. The summed E-state index contributed by atoms with van der Waals surface area (Å²) in [6, 6.07) is 5.78. The van der Waals surface area contributed by atoms with E-state index in [4.69, 9.17) is 0 Å². The largest absolute Gasteiger partial charge is 0.395 e. The molecule has 1 atom stereocenters. The van der Waals surface area contributed by atoms with E-state index in [2.05, 4.69) is 0 Å². The monoisotopic (exact) mass is 404 g/mol. The molecule has 13 nitrogen and oxygen atoms in total. The van der Waals surface area contributed by atoms with E-state index >= 15 is 0 Å². The number of non-ortho nitro benzene ring substituents is 4. The van der Waals surface area contributed by atoms with Gasteiger partial charge < -0.3 is 5.11 Å². The van der Waals surface area contributed by atoms with Crippen molar-refractivity contribution in [1.82, 2.24) is 0 Å². The molecule has 2 aromatic carbocycles. The molecule has 2 rings (SSSR count). The zero-order valence-electron chi connectivity index (χ0n) is 14.4. The lowest BCUT2D eigenvalue weighted by molar-refractivity contribution is -0.394. The van der Waals surface area contributed by atoms with E-state index in [-0.39, 0.29) is 11.1 Å². The predicted octanol–water partition coefficient (Wildman–Crippen LogP) is 3.11. The van der Waals surface area contributed by atoms with Gasteiger partial charge in [0.15, 0.2) is 0 Å². The topological polar surface area (TPSA) is 193 Å². The second-order valence-electron chi connectivity index (χ2n) is 5.74. The van der Waals surface area contributed by atoms with Crippen molar-refractivity contribution in [2.75, 3.05) is 6.61 Å². The molecule has 1 unspecified atom stereocenters. The first-order valence-corrected chi connectivity index (χ1v) is 7.79. The number of hydrogen-bond acceptors (Lipinski definition) is 9. The van der Waals surface area contributed by atoms with E-state index in [1.165, 1.54) is 12.2 Å². The van der Waals surface area contributed by atoms with Gasteiger partial charge in [0.05, 0.1) is 38.4 Å². The van der Waals surface area contributed by atoms with Gasteiger partial charge in [-0.05, 0) is 11.1 Å². The molecule has 0 saturated heterocycles. The highest BCUT2D eigenvalue weighted by Crippen LogP contribution is 2.29. The lowest BCUT2D eigenvalue weighted by Crippen LogP contribution is -2.03. The van der Waals surface area contributed by atoms with Crippen molar-refractivity contribution in [3.8, 4) is 0 Å². The Hall–Kier alpha value is -4.26. The summed E-state index contributed by atoms with van der Waals surface area (Å²) in [7, 11) is 0. The quantitative estimate of drug-likeness (QED) is 0.508. The third-order valence-corrected chi connectivity index (χ3v) is 3.84. The highest BCUT2D eigenvalue weighted by molar-refractivity contribution is 5.60. The van der Waals surface area contributed by atoms with Crippen molar-refractivity contribution in [3.63, 3.8) is 0 Å². The Kier molecular flexibility index (Phi) is 6.25. The molecule has 0 radical (unpaired) electrons. The molecule has 2 aromatic rings. The van der Waals surface area contributed by atoms with Crippen LogP contribution in [0, 0.1) is 40.5 Å². The van der Waals surface area contributed by atoms with Gasteiger partial charge in [0, 0.05) is 30.2 Å². The van der Waals surface area contributed by atoms with Gasteiger partial charge in [-0.15, -0.1) is 0 Å². The summed E-state index contributed by atoms with van der Waals surface area (Å²) in [5.74, 6) is -0.938. The molecular formula is C16H12N4O9. The van der Waals surface area contributed by atoms with Gasteiger partial charge in [0.25, 0.3) is 22.7 Å². The van der Waals surface area contributed by atoms with Gasteiger partial charge in [-0.2, -0.15) is 0 Å². The van der Waals surface area contributed by atoms with Gasteiger partial charge >= 0.3 is 0 Å². The zero-order valence-corrected chi connectivity index (χ0v) is 14.4. The maximum atomic E-state index is 11.0. The van der Waals surface area contributed by atoms with Crippen LogP contribution >= 0.6 is 0 Å². The number of nitro benzene ring substituents is 4. The fourth-order valence-corrected chi connectivity index (χ4v) is 2.47. The normalized spacial score (nSPS) is 11.9. The first-order valence-electron chi connectivity index (χ1n) is 7.79. The second-order valence-corrected chi connectivity index (χ2v) is 5.74. The van der Waals surface area contributed by atoms with Crippen molar-refractivity contribution >= 4 is 28.8 Å². The van der Waals surface area contributed by atoms with Gasteiger partial charge in [-0.3, -0.25) is 40.5 Å². The average Bonchev–Trinajstić information content (AvgIpc) is 2.67. The summed E-state index contributed by atoms with van der Waals surface area (Å²) >= 11 is 0. The van der Waals surface area contributed by atoms with Crippen molar-refractivity contribution < 1.29 is 24.8 Å². The summed E-state index contributed by atoms with van der Waals surface area (Å²) in [6.45, 7) is -0.591. The summed E-state index contributed by atoms with van der Waals surface area (Å²) in [6.07, 6.45) is 2.52. The standard InChI is InChI=1S/C16H12N4O9/c21-9-11(12-5-15(19(26)27)8-16(6-12)20(28)29)2-1-10-3-13(17(22)23)7-14(4-10)18(24)25/h1-8,11,21H,9H2. The van der Waals surface area contributed by atoms with Gasteiger partial charge in [-0.25, -0.2) is 0 Å². The molecule has 0 amide bonds. The number of aliphatic hydroxyl groups is 1. The van der Waals surface area contributed by atoms with E-state index < -0.39 is 55.0 Å². The highest BCUT2D eigenvalue weighted by Gasteiger charge is 2.20. The Balaban J connectivity index is 2.48. The minimum Gasteiger partial charge on any atom is -0.395 e. The maximum absolute atomic E-state index is 11.0. The van der Waals surface area contributed by atoms with Crippen LogP contribution in [0.3, 0.4) is 0 Å². The molecule has 0 aliphatic heterocycles. The number of benzene rings is 2. The Labute approximate surface area is 161 Å². The fourth-order valence-electron chi connectivity index (χ4n) is 2.47. The third-order valence-electron chi connectivity index (χ3n) is 3.84. The number of nitrogens with zero attached hydrogens (tertiary/aromatic N) is 4. The molecule has 0 saturated carbocycles. The molecule has 0 spiro atoms. The van der Waals surface area contributed by atoms with E-state index in [1.54, 1.807) is 0 Å². The Morgan fingerprint density at radius 3 is 1.45 bits per heavy atom. The van der Waals surface area contributed by atoms with Crippen LogP contribution in [-0.2, 0) is 0 Å². The minimum atomic E-state index is -0.938. The maximum Gasteiger partial charge on any atom is 0.276 e. The van der Waals surface area contributed by atoms with Crippen LogP contribution in [0.1, 0.15) is 17.0 Å². The predicted molar refractivity (Wildman–Crippen MR) is 98.4 cm³/mol. The molecule has 1 N–H and O–H groups in total. The Bertz CT molecular complexity index is 971. The molecule has 0 aromatic heterocycles. The van der Waals surface area contributed by atoms with Gasteiger partial charge in [0.1, 0.15) is 0 Å². The van der Waals surface area contributed by atoms with Crippen molar-refractivity contribution in [3.05, 3.63) is 94.1 Å². The summed E-state index contributed by atoms with van der Waals surface area (Å²) in [5.41, 5.74) is -2.01. The molecule has 13 heteroatoms. The molecule has 0 bridgehead atoms.